The maximum atomic E-state index is 12.4. The fourth-order valence-corrected chi connectivity index (χ4v) is 2.80. The average Bonchev–Trinajstić information content (AvgIpc) is 2.60. The molecule has 1 fully saturated rings. The summed E-state index contributed by atoms with van der Waals surface area (Å²) in [4.78, 5) is 28.2. The number of esters is 1. The number of benzene rings is 1. The van der Waals surface area contributed by atoms with Crippen LogP contribution in [0.15, 0.2) is 30.3 Å². The third kappa shape index (κ3) is 4.96. The summed E-state index contributed by atoms with van der Waals surface area (Å²) in [5, 5.41) is 2.80. The molecule has 1 atom stereocenters. The topological polar surface area (TPSA) is 61.9 Å². The Hall–Kier alpha value is -2.08. The standard InChI is InChI=1S/C18H27N3O3/c1-14(2)16(17(22)24-3)19-18(23)21-11-9-20(10-12-21)13-15-7-5-4-6-8-15/h4-8,14,16H,9-13H2,1-3H3,(H,19,23)/t16-/m0/s1. The van der Waals surface area contributed by atoms with Crippen LogP contribution in [0.2, 0.25) is 0 Å². The van der Waals surface area contributed by atoms with Crippen molar-refractivity contribution in [3.8, 4) is 0 Å². The lowest BCUT2D eigenvalue weighted by Crippen LogP contribution is -2.55. The van der Waals surface area contributed by atoms with Crippen molar-refractivity contribution in [1.29, 1.82) is 0 Å². The van der Waals surface area contributed by atoms with Crippen LogP contribution >= 0.6 is 0 Å². The zero-order valence-electron chi connectivity index (χ0n) is 14.7. The molecule has 1 aromatic carbocycles. The molecule has 24 heavy (non-hydrogen) atoms. The first-order chi connectivity index (χ1) is 11.5. The summed E-state index contributed by atoms with van der Waals surface area (Å²) in [5.74, 6) is -0.415. The van der Waals surface area contributed by atoms with Gasteiger partial charge in [0.1, 0.15) is 6.04 Å². The zero-order valence-corrected chi connectivity index (χ0v) is 14.7. The van der Waals surface area contributed by atoms with E-state index in [4.69, 9.17) is 4.74 Å². The third-order valence-electron chi connectivity index (χ3n) is 4.31. The minimum absolute atomic E-state index is 0.0132. The predicted octanol–water partition coefficient (Wildman–Crippen LogP) is 1.71. The predicted molar refractivity (Wildman–Crippen MR) is 92.5 cm³/mol. The summed E-state index contributed by atoms with van der Waals surface area (Å²) in [6.07, 6.45) is 0. The number of hydrogen-bond acceptors (Lipinski definition) is 4. The van der Waals surface area contributed by atoms with Crippen LogP contribution in [0.4, 0.5) is 4.79 Å². The van der Waals surface area contributed by atoms with Gasteiger partial charge >= 0.3 is 12.0 Å². The van der Waals surface area contributed by atoms with E-state index in [0.29, 0.717) is 13.1 Å². The van der Waals surface area contributed by atoms with Crippen molar-refractivity contribution in [2.45, 2.75) is 26.4 Å². The van der Waals surface area contributed by atoms with Crippen LogP contribution in [-0.2, 0) is 16.1 Å². The molecule has 132 valence electrons. The number of amides is 2. The first-order valence-electron chi connectivity index (χ1n) is 8.40. The van der Waals surface area contributed by atoms with E-state index in [2.05, 4.69) is 22.3 Å². The van der Waals surface area contributed by atoms with E-state index >= 15 is 0 Å². The van der Waals surface area contributed by atoms with Crippen LogP contribution in [-0.4, -0.2) is 61.1 Å². The molecule has 0 unspecified atom stereocenters. The number of carbonyl (C=O) groups is 2. The van der Waals surface area contributed by atoms with Gasteiger partial charge < -0.3 is 15.0 Å². The Morgan fingerprint density at radius 1 is 1.12 bits per heavy atom. The second-order valence-corrected chi connectivity index (χ2v) is 6.44. The summed E-state index contributed by atoms with van der Waals surface area (Å²) in [5.41, 5.74) is 1.28. The highest BCUT2D eigenvalue weighted by Crippen LogP contribution is 2.10. The van der Waals surface area contributed by atoms with Gasteiger partial charge in [-0.2, -0.15) is 0 Å². The van der Waals surface area contributed by atoms with Gasteiger partial charge in [0.15, 0.2) is 0 Å². The highest BCUT2D eigenvalue weighted by Gasteiger charge is 2.28. The molecule has 0 saturated carbocycles. The van der Waals surface area contributed by atoms with Gasteiger partial charge in [-0.1, -0.05) is 44.2 Å². The summed E-state index contributed by atoms with van der Waals surface area (Å²) in [6.45, 7) is 7.64. The van der Waals surface area contributed by atoms with Crippen molar-refractivity contribution in [3.63, 3.8) is 0 Å². The number of piperazine rings is 1. The fourth-order valence-electron chi connectivity index (χ4n) is 2.80. The molecule has 1 aliphatic heterocycles. The van der Waals surface area contributed by atoms with Crippen molar-refractivity contribution in [3.05, 3.63) is 35.9 Å². The Morgan fingerprint density at radius 2 is 1.75 bits per heavy atom. The molecule has 0 radical (unpaired) electrons. The van der Waals surface area contributed by atoms with Crippen LogP contribution in [0.25, 0.3) is 0 Å². The number of nitrogens with zero attached hydrogens (tertiary/aromatic N) is 2. The Balaban J connectivity index is 1.82. The highest BCUT2D eigenvalue weighted by atomic mass is 16.5. The molecular formula is C18H27N3O3. The molecule has 0 aromatic heterocycles. The number of ether oxygens (including phenoxy) is 1. The second-order valence-electron chi connectivity index (χ2n) is 6.44. The van der Waals surface area contributed by atoms with E-state index in [1.54, 1.807) is 4.90 Å². The van der Waals surface area contributed by atoms with Gasteiger partial charge in [0.25, 0.3) is 0 Å². The second kappa shape index (κ2) is 8.68. The minimum atomic E-state index is -0.607. The van der Waals surface area contributed by atoms with E-state index in [1.807, 2.05) is 32.0 Å². The molecule has 2 amide bonds. The Morgan fingerprint density at radius 3 is 2.29 bits per heavy atom. The first kappa shape index (κ1) is 18.3. The van der Waals surface area contributed by atoms with Gasteiger partial charge in [-0.05, 0) is 11.5 Å². The smallest absolute Gasteiger partial charge is 0.328 e. The molecule has 1 aromatic rings. The first-order valence-corrected chi connectivity index (χ1v) is 8.40. The zero-order chi connectivity index (χ0) is 17.5. The fraction of sp³-hybridized carbons (Fsp3) is 0.556. The molecule has 2 rings (SSSR count). The Bertz CT molecular complexity index is 540. The van der Waals surface area contributed by atoms with Crippen molar-refractivity contribution in [2.24, 2.45) is 5.92 Å². The van der Waals surface area contributed by atoms with Crippen molar-refractivity contribution in [2.75, 3.05) is 33.3 Å². The lowest BCUT2D eigenvalue weighted by atomic mass is 10.1. The van der Waals surface area contributed by atoms with Gasteiger partial charge in [0, 0.05) is 32.7 Å². The maximum absolute atomic E-state index is 12.4. The van der Waals surface area contributed by atoms with E-state index < -0.39 is 12.0 Å². The summed E-state index contributed by atoms with van der Waals surface area (Å²) in [7, 11) is 1.34. The van der Waals surface area contributed by atoms with E-state index in [0.717, 1.165) is 19.6 Å². The van der Waals surface area contributed by atoms with Gasteiger partial charge in [0.05, 0.1) is 7.11 Å². The number of rotatable bonds is 5. The number of carbonyl (C=O) groups excluding carboxylic acids is 2. The molecule has 0 bridgehead atoms. The largest absolute Gasteiger partial charge is 0.467 e. The van der Waals surface area contributed by atoms with E-state index in [1.165, 1.54) is 12.7 Å². The molecule has 1 heterocycles. The Labute approximate surface area is 143 Å². The number of methoxy groups -OCH3 is 1. The SMILES string of the molecule is COC(=O)[C@@H](NC(=O)N1CCN(Cc2ccccc2)CC1)C(C)C. The molecular weight excluding hydrogens is 306 g/mol. The van der Waals surface area contributed by atoms with Crippen molar-refractivity contribution in [1.82, 2.24) is 15.1 Å². The molecule has 6 nitrogen and oxygen atoms in total. The third-order valence-corrected chi connectivity index (χ3v) is 4.31. The number of urea groups is 1. The summed E-state index contributed by atoms with van der Waals surface area (Å²) >= 11 is 0. The lowest BCUT2D eigenvalue weighted by Gasteiger charge is -2.35. The molecule has 1 saturated heterocycles. The quantitative estimate of drug-likeness (QED) is 0.834. The number of nitrogens with one attached hydrogen (secondary N) is 1. The van der Waals surface area contributed by atoms with Crippen LogP contribution in [0.5, 0.6) is 0 Å². The Kier molecular flexibility index (Phi) is 6.61. The number of hydrogen-bond donors (Lipinski definition) is 1. The molecule has 0 spiro atoms. The van der Waals surface area contributed by atoms with Crippen LogP contribution in [0, 0.1) is 5.92 Å². The van der Waals surface area contributed by atoms with Crippen LogP contribution in [0.3, 0.4) is 0 Å². The average molecular weight is 333 g/mol. The normalized spacial score (nSPS) is 16.8. The van der Waals surface area contributed by atoms with Gasteiger partial charge in [-0.15, -0.1) is 0 Å². The van der Waals surface area contributed by atoms with E-state index in [-0.39, 0.29) is 11.9 Å². The molecule has 0 aliphatic carbocycles. The minimum Gasteiger partial charge on any atom is -0.467 e. The molecule has 1 N–H and O–H groups in total. The summed E-state index contributed by atoms with van der Waals surface area (Å²) < 4.78 is 4.76. The van der Waals surface area contributed by atoms with Crippen molar-refractivity contribution < 1.29 is 14.3 Å². The van der Waals surface area contributed by atoms with E-state index in [9.17, 15) is 9.59 Å². The van der Waals surface area contributed by atoms with Crippen LogP contribution < -0.4 is 5.32 Å². The monoisotopic (exact) mass is 333 g/mol. The highest BCUT2D eigenvalue weighted by molar-refractivity contribution is 5.83. The molecule has 6 heteroatoms. The van der Waals surface area contributed by atoms with Gasteiger partial charge in [-0.25, -0.2) is 9.59 Å². The lowest BCUT2D eigenvalue weighted by molar-refractivity contribution is -0.144. The summed E-state index contributed by atoms with van der Waals surface area (Å²) in [6, 6.07) is 9.52. The maximum Gasteiger partial charge on any atom is 0.328 e. The van der Waals surface area contributed by atoms with Crippen molar-refractivity contribution >= 4 is 12.0 Å². The van der Waals surface area contributed by atoms with Crippen LogP contribution in [0.1, 0.15) is 19.4 Å². The van der Waals surface area contributed by atoms with Gasteiger partial charge in [-0.3, -0.25) is 4.90 Å². The molecule has 1 aliphatic rings. The van der Waals surface area contributed by atoms with Gasteiger partial charge in [0.2, 0.25) is 0 Å².